The average molecular weight is 861 g/mol. The molecule has 1 atom stereocenters. The highest BCUT2D eigenvalue weighted by molar-refractivity contribution is 6.34. The van der Waals surface area contributed by atoms with Crippen LogP contribution in [0.3, 0.4) is 0 Å². The Hall–Kier alpha value is -6.20. The van der Waals surface area contributed by atoms with E-state index in [1.807, 2.05) is 17.0 Å². The van der Waals surface area contributed by atoms with Crippen LogP contribution in [0.5, 0.6) is 5.88 Å². The fourth-order valence-corrected chi connectivity index (χ4v) is 7.92. The third kappa shape index (κ3) is 10.1. The van der Waals surface area contributed by atoms with Crippen molar-refractivity contribution >= 4 is 41.5 Å². The van der Waals surface area contributed by atoms with E-state index < -0.39 is 17.5 Å². The highest BCUT2D eigenvalue weighted by Crippen LogP contribution is 2.33. The van der Waals surface area contributed by atoms with Crippen molar-refractivity contribution in [1.29, 1.82) is 0 Å². The van der Waals surface area contributed by atoms with Crippen LogP contribution in [0.2, 0.25) is 5.02 Å². The fraction of sp³-hybridized carbons (Fsp3) is 0.372. The first-order chi connectivity index (χ1) is 29.1. The normalized spacial score (nSPS) is 15.8. The maximum Gasteiger partial charge on any atom is 0.292 e. The lowest BCUT2D eigenvalue weighted by molar-refractivity contribution is -0.878. The summed E-state index contributed by atoms with van der Waals surface area (Å²) in [4.78, 5) is 60.9. The summed E-state index contributed by atoms with van der Waals surface area (Å²) in [5, 5.41) is 7.38. The van der Waals surface area contributed by atoms with Crippen molar-refractivity contribution in [3.05, 3.63) is 100 Å². The van der Waals surface area contributed by atoms with Crippen molar-refractivity contribution in [3.63, 3.8) is 0 Å². The second-order valence-electron chi connectivity index (χ2n) is 15.6. The topological polar surface area (TPSA) is 154 Å². The van der Waals surface area contributed by atoms with Crippen LogP contribution in [-0.2, 0) is 34.3 Å². The van der Waals surface area contributed by atoms with Crippen LogP contribution in [0.25, 0.3) is 22.4 Å². The molecule has 0 radical (unpaired) electrons. The van der Waals surface area contributed by atoms with Crippen molar-refractivity contribution < 1.29 is 41.9 Å². The molecular weight excluding hydrogens is 812 g/mol. The van der Waals surface area contributed by atoms with Gasteiger partial charge >= 0.3 is 0 Å². The van der Waals surface area contributed by atoms with Gasteiger partial charge < -0.3 is 33.6 Å². The van der Waals surface area contributed by atoms with Crippen LogP contribution in [0.15, 0.2) is 60.9 Å². The number of nitrogens with zero attached hydrogens (tertiary/aromatic N) is 8. The predicted molar refractivity (Wildman–Crippen MR) is 224 cm³/mol. The van der Waals surface area contributed by atoms with Gasteiger partial charge in [-0.3, -0.25) is 23.9 Å². The summed E-state index contributed by atoms with van der Waals surface area (Å²) >= 11 is 6.56. The zero-order chi connectivity index (χ0) is 44.0. The summed E-state index contributed by atoms with van der Waals surface area (Å²) in [5.74, 6) is -2.40. The Labute approximate surface area is 357 Å². The lowest BCUT2D eigenvalue weighted by Crippen LogP contribution is -2.52. The van der Waals surface area contributed by atoms with Gasteiger partial charge in [0.2, 0.25) is 11.8 Å². The zero-order valence-corrected chi connectivity index (χ0v) is 35.7. The second-order valence-corrected chi connectivity index (χ2v) is 16.0. The quantitative estimate of drug-likeness (QED) is 0.139. The molecule has 1 N–H and O–H groups in total. The fourth-order valence-electron chi connectivity index (χ4n) is 7.66. The van der Waals surface area contributed by atoms with Gasteiger partial charge in [-0.05, 0) is 37.3 Å². The van der Waals surface area contributed by atoms with Crippen LogP contribution in [0.1, 0.15) is 38.8 Å². The highest BCUT2D eigenvalue weighted by atomic mass is 35.5. The Bertz CT molecular complexity index is 2430. The number of piperazine rings is 1. The molecule has 5 aromatic rings. The molecule has 18 heteroatoms. The van der Waals surface area contributed by atoms with E-state index in [2.05, 4.69) is 39.2 Å². The Balaban J connectivity index is 0.00000149. The summed E-state index contributed by atoms with van der Waals surface area (Å²) in [5.41, 5.74) is 2.55. The SMILES string of the molecule is COC=O.COc1cccc(CCn2cc(-c3ccc(-c4cnc(C(=O)Nc5ccc(C(=O)N6CCN(C(=O)C7CC[N+](C)(C)C7)CC6)c(Cl)c5)n4C)c(F)c3F)c(C)n2)n1. The number of methoxy groups -OCH3 is 2. The number of hydrogen-bond acceptors (Lipinski definition) is 9. The number of amides is 3. The van der Waals surface area contributed by atoms with E-state index in [1.165, 1.54) is 43.1 Å². The molecule has 0 bridgehead atoms. The molecule has 0 aliphatic carbocycles. The maximum absolute atomic E-state index is 15.7. The van der Waals surface area contributed by atoms with Gasteiger partial charge in [0.05, 0.1) is 75.5 Å². The van der Waals surface area contributed by atoms with E-state index in [9.17, 15) is 14.4 Å². The van der Waals surface area contributed by atoms with E-state index in [-0.39, 0.29) is 51.0 Å². The van der Waals surface area contributed by atoms with Crippen molar-refractivity contribution in [2.45, 2.75) is 26.3 Å². The van der Waals surface area contributed by atoms with Crippen molar-refractivity contribution in [1.82, 2.24) is 34.1 Å². The first-order valence-electron chi connectivity index (χ1n) is 19.7. The minimum Gasteiger partial charge on any atom is -0.481 e. The first kappa shape index (κ1) is 44.4. The van der Waals surface area contributed by atoms with Gasteiger partial charge in [0.25, 0.3) is 18.3 Å². The molecule has 3 aromatic heterocycles. The highest BCUT2D eigenvalue weighted by Gasteiger charge is 2.39. The Kier molecular flexibility index (Phi) is 13.8. The maximum atomic E-state index is 15.7. The molecule has 2 aromatic carbocycles. The van der Waals surface area contributed by atoms with Gasteiger partial charge in [0.1, 0.15) is 0 Å². The number of carbonyl (C=O) groups excluding carboxylic acids is 4. The third-order valence-corrected chi connectivity index (χ3v) is 11.3. The number of ether oxygens (including phenoxy) is 2. The Morgan fingerprint density at radius 1 is 0.984 bits per heavy atom. The molecule has 1 unspecified atom stereocenters. The third-order valence-electron chi connectivity index (χ3n) is 11.0. The van der Waals surface area contributed by atoms with Crippen LogP contribution >= 0.6 is 11.6 Å². The minimum absolute atomic E-state index is 0.0145. The Morgan fingerprint density at radius 3 is 2.33 bits per heavy atom. The number of benzene rings is 2. The van der Waals surface area contributed by atoms with Gasteiger partial charge in [-0.2, -0.15) is 5.10 Å². The van der Waals surface area contributed by atoms with Gasteiger partial charge in [-0.25, -0.2) is 18.7 Å². The van der Waals surface area contributed by atoms with Gasteiger partial charge in [0.15, 0.2) is 17.5 Å². The van der Waals surface area contributed by atoms with Crippen LogP contribution in [-0.4, -0.2) is 130 Å². The standard InChI is InChI=1S/C41H44ClF2N9O4.C2H4O2/c1-25-32(23-52(48-25)15-13-27-7-6-8-35(46-27)57-5)29-11-12-31(37(44)36(29)43)34-22-45-38(49(34)2)39(54)47-28-9-10-30(33(42)21-28)41(56)51-18-16-50(17-19-51)40(55)26-14-20-53(3,4)24-26;1-4-2-3/h6-12,21-23,26H,13-20,24H2,1-5H3;2H,1H3/p+1. The number of pyridine rings is 1. The zero-order valence-electron chi connectivity index (χ0n) is 35.0. The number of quaternary nitrogens is 1. The lowest BCUT2D eigenvalue weighted by Gasteiger charge is -2.36. The van der Waals surface area contributed by atoms with Crippen LogP contribution in [0.4, 0.5) is 14.5 Å². The number of carbonyl (C=O) groups is 4. The number of aromatic nitrogens is 5. The summed E-state index contributed by atoms with van der Waals surface area (Å²) in [6.45, 7) is 6.09. The first-order valence-corrected chi connectivity index (χ1v) is 20.0. The molecule has 15 nitrogen and oxygen atoms in total. The molecule has 0 spiro atoms. The van der Waals surface area contributed by atoms with Gasteiger partial charge in [-0.1, -0.05) is 23.7 Å². The average Bonchev–Trinajstić information content (AvgIpc) is 3.95. The molecular formula is C43H49ClF2N9O6+. The molecule has 0 saturated carbocycles. The molecule has 3 amide bonds. The lowest BCUT2D eigenvalue weighted by atomic mass is 10.0. The molecule has 7 rings (SSSR count). The molecule has 61 heavy (non-hydrogen) atoms. The number of halogens is 3. The number of likely N-dealkylation sites (tertiary alicyclic amines) is 1. The molecule has 322 valence electrons. The summed E-state index contributed by atoms with van der Waals surface area (Å²) in [6, 6.07) is 13.0. The number of hydrogen-bond donors (Lipinski definition) is 1. The minimum atomic E-state index is -1.09. The van der Waals surface area contributed by atoms with Gasteiger partial charge in [0, 0.05) is 92.9 Å². The molecule has 5 heterocycles. The van der Waals surface area contributed by atoms with E-state index in [4.69, 9.17) is 21.1 Å². The van der Waals surface area contributed by atoms with Crippen molar-refractivity contribution in [2.24, 2.45) is 13.0 Å². The number of imidazole rings is 1. The Morgan fingerprint density at radius 2 is 1.67 bits per heavy atom. The summed E-state index contributed by atoms with van der Waals surface area (Å²) < 4.78 is 44.4. The van der Waals surface area contributed by atoms with E-state index >= 15 is 8.78 Å². The van der Waals surface area contributed by atoms with Crippen LogP contribution < -0.4 is 10.1 Å². The number of nitrogens with one attached hydrogen (secondary N) is 1. The van der Waals surface area contributed by atoms with Crippen molar-refractivity contribution in [3.8, 4) is 28.3 Å². The molecule has 2 aliphatic heterocycles. The summed E-state index contributed by atoms with van der Waals surface area (Å²) in [6.07, 6.45) is 4.41. The van der Waals surface area contributed by atoms with E-state index in [0.29, 0.717) is 68.4 Å². The van der Waals surface area contributed by atoms with E-state index in [1.54, 1.807) is 48.0 Å². The predicted octanol–water partition coefficient (Wildman–Crippen LogP) is 5.26. The summed E-state index contributed by atoms with van der Waals surface area (Å²) in [7, 11) is 8.66. The molecule has 2 saturated heterocycles. The molecule has 2 aliphatic rings. The molecule has 2 fully saturated rings. The smallest absolute Gasteiger partial charge is 0.292 e. The monoisotopic (exact) mass is 860 g/mol. The number of aryl methyl sites for hydroxylation is 3. The second kappa shape index (κ2) is 19.0. The number of rotatable bonds is 11. The van der Waals surface area contributed by atoms with Gasteiger partial charge in [-0.15, -0.1) is 0 Å². The largest absolute Gasteiger partial charge is 0.481 e. The van der Waals surface area contributed by atoms with E-state index in [0.717, 1.165) is 29.7 Å². The van der Waals surface area contributed by atoms with Crippen LogP contribution in [0, 0.1) is 24.5 Å². The number of anilines is 1. The van der Waals surface area contributed by atoms with Crippen molar-refractivity contribution in [2.75, 3.05) is 72.9 Å².